The molecular weight excluding hydrogens is 290 g/mol. The van der Waals surface area contributed by atoms with Crippen molar-refractivity contribution in [1.29, 1.82) is 0 Å². The summed E-state index contributed by atoms with van der Waals surface area (Å²) in [7, 11) is -0.533. The molecule has 0 aliphatic heterocycles. The van der Waals surface area contributed by atoms with Crippen molar-refractivity contribution in [1.82, 2.24) is 0 Å². The van der Waals surface area contributed by atoms with Crippen LogP contribution in [0, 0.1) is 16.0 Å². The van der Waals surface area contributed by atoms with Crippen molar-refractivity contribution in [3.05, 3.63) is 39.9 Å². The van der Waals surface area contributed by atoms with E-state index < -0.39 is 18.8 Å². The molecule has 0 amide bonds. The highest BCUT2D eigenvalue weighted by molar-refractivity contribution is 6.69. The number of nitro groups is 1. The summed E-state index contributed by atoms with van der Waals surface area (Å²) >= 11 is 0. The van der Waals surface area contributed by atoms with Crippen molar-refractivity contribution >= 4 is 20.0 Å². The molecule has 1 aliphatic carbocycles. The second-order valence-corrected chi connectivity index (χ2v) is 10.6. The summed E-state index contributed by atoms with van der Waals surface area (Å²) in [6, 6.07) is 6.22. The summed E-state index contributed by atoms with van der Waals surface area (Å²) in [5.74, 6) is -0.637. The zero-order valence-corrected chi connectivity index (χ0v) is 13.6. The first kappa shape index (κ1) is 15.7. The smallest absolute Gasteiger partial charge is 0.312 e. The second-order valence-electron chi connectivity index (χ2n) is 6.19. The van der Waals surface area contributed by atoms with Crippen molar-refractivity contribution in [3.8, 4) is 0 Å². The Labute approximate surface area is 124 Å². The van der Waals surface area contributed by atoms with Crippen LogP contribution in [-0.2, 0) is 19.6 Å². The Morgan fingerprint density at radius 1 is 1.33 bits per heavy atom. The van der Waals surface area contributed by atoms with Crippen LogP contribution in [0.25, 0.3) is 0 Å². The van der Waals surface area contributed by atoms with Gasteiger partial charge in [0.15, 0.2) is 8.32 Å². The number of nitro benzene ring substituents is 1. The molecule has 0 saturated heterocycles. The molecule has 2 atom stereocenters. The third-order valence-corrected chi connectivity index (χ3v) is 4.43. The summed E-state index contributed by atoms with van der Waals surface area (Å²) in [6.45, 7) is 6.15. The molecule has 1 aromatic carbocycles. The van der Waals surface area contributed by atoms with E-state index in [9.17, 15) is 14.9 Å². The minimum Gasteiger partial charge on any atom is -0.469 e. The number of nitrogens with zero attached hydrogens (tertiary/aromatic N) is 1. The molecule has 2 unspecified atom stereocenters. The number of carbonyl (C=O) groups excluding carboxylic acids is 1. The number of ether oxygens (including phenoxy) is 1. The van der Waals surface area contributed by atoms with Crippen molar-refractivity contribution in [2.45, 2.75) is 31.7 Å². The molecule has 0 spiro atoms. The average molecular weight is 309 g/mol. The van der Waals surface area contributed by atoms with E-state index in [0.717, 1.165) is 5.56 Å². The summed E-state index contributed by atoms with van der Waals surface area (Å²) in [5.41, 5.74) is 0.135. The molecule has 6 nitrogen and oxygen atoms in total. The third kappa shape index (κ3) is 3.13. The standard InChI is InChI=1S/C14H19NO5Si/c1-19-13(16)12-9-14(12,20-21(2,3)4)10-5-7-11(8-6-10)15(17)18/h5-8,12H,9H2,1-4H3. The van der Waals surface area contributed by atoms with Gasteiger partial charge in [-0.2, -0.15) is 0 Å². The van der Waals surface area contributed by atoms with Gasteiger partial charge in [0.05, 0.1) is 23.6 Å². The molecule has 1 fully saturated rings. The van der Waals surface area contributed by atoms with Crippen LogP contribution in [0.5, 0.6) is 0 Å². The molecule has 0 N–H and O–H groups in total. The first-order chi connectivity index (χ1) is 9.69. The molecule has 0 bridgehead atoms. The summed E-state index contributed by atoms with van der Waals surface area (Å²) in [6.07, 6.45) is 0.557. The maximum atomic E-state index is 11.8. The van der Waals surface area contributed by atoms with Gasteiger partial charge in [-0.3, -0.25) is 14.9 Å². The molecule has 0 heterocycles. The predicted octanol–water partition coefficient (Wildman–Crippen LogP) is 2.83. The highest BCUT2D eigenvalue weighted by Gasteiger charge is 2.62. The van der Waals surface area contributed by atoms with Crippen LogP contribution in [0.3, 0.4) is 0 Å². The van der Waals surface area contributed by atoms with E-state index in [-0.39, 0.29) is 17.6 Å². The highest BCUT2D eigenvalue weighted by atomic mass is 28.4. The molecule has 7 heteroatoms. The number of methoxy groups -OCH3 is 1. The van der Waals surface area contributed by atoms with E-state index in [1.54, 1.807) is 12.1 Å². The van der Waals surface area contributed by atoms with Gasteiger partial charge in [-0.05, 0) is 43.8 Å². The van der Waals surface area contributed by atoms with Crippen LogP contribution in [0.4, 0.5) is 5.69 Å². The Bertz CT molecular complexity index is 566. The van der Waals surface area contributed by atoms with Gasteiger partial charge in [-0.15, -0.1) is 0 Å². The Morgan fingerprint density at radius 3 is 2.33 bits per heavy atom. The number of non-ortho nitro benzene ring substituents is 1. The molecule has 0 radical (unpaired) electrons. The third-order valence-electron chi connectivity index (χ3n) is 3.45. The molecule has 21 heavy (non-hydrogen) atoms. The van der Waals surface area contributed by atoms with Gasteiger partial charge in [-0.1, -0.05) is 0 Å². The van der Waals surface area contributed by atoms with Crippen molar-refractivity contribution in [3.63, 3.8) is 0 Å². The van der Waals surface area contributed by atoms with Crippen LogP contribution in [-0.4, -0.2) is 26.3 Å². The monoisotopic (exact) mass is 309 g/mol. The van der Waals surface area contributed by atoms with E-state index in [0.29, 0.717) is 6.42 Å². The van der Waals surface area contributed by atoms with Gasteiger partial charge in [0.1, 0.15) is 0 Å². The molecular formula is C14H19NO5Si. The van der Waals surface area contributed by atoms with Gasteiger partial charge in [-0.25, -0.2) is 0 Å². The van der Waals surface area contributed by atoms with E-state index >= 15 is 0 Å². The number of carbonyl (C=O) groups is 1. The Kier molecular flexibility index (Phi) is 3.90. The molecule has 2 rings (SSSR count). The fourth-order valence-corrected chi connectivity index (χ4v) is 4.00. The fraction of sp³-hybridized carbons (Fsp3) is 0.500. The zero-order valence-electron chi connectivity index (χ0n) is 12.6. The lowest BCUT2D eigenvalue weighted by Crippen LogP contribution is -2.34. The topological polar surface area (TPSA) is 78.7 Å². The largest absolute Gasteiger partial charge is 0.469 e. The number of benzene rings is 1. The lowest BCUT2D eigenvalue weighted by atomic mass is 10.1. The summed E-state index contributed by atoms with van der Waals surface area (Å²) < 4.78 is 11.0. The van der Waals surface area contributed by atoms with Crippen LogP contribution in [0.15, 0.2) is 24.3 Å². The molecule has 0 aromatic heterocycles. The van der Waals surface area contributed by atoms with Crippen LogP contribution >= 0.6 is 0 Å². The highest BCUT2D eigenvalue weighted by Crippen LogP contribution is 2.57. The van der Waals surface area contributed by atoms with Gasteiger partial charge < -0.3 is 9.16 Å². The lowest BCUT2D eigenvalue weighted by molar-refractivity contribution is -0.384. The molecule has 1 aliphatic rings. The van der Waals surface area contributed by atoms with Crippen LogP contribution in [0.1, 0.15) is 12.0 Å². The van der Waals surface area contributed by atoms with E-state index in [4.69, 9.17) is 9.16 Å². The van der Waals surface area contributed by atoms with Crippen LogP contribution < -0.4 is 0 Å². The number of hydrogen-bond donors (Lipinski definition) is 0. The van der Waals surface area contributed by atoms with Gasteiger partial charge >= 0.3 is 5.97 Å². The van der Waals surface area contributed by atoms with Crippen molar-refractivity contribution < 1.29 is 18.9 Å². The quantitative estimate of drug-likeness (QED) is 0.362. The zero-order chi connectivity index (χ0) is 15.8. The maximum absolute atomic E-state index is 11.8. The number of esters is 1. The van der Waals surface area contributed by atoms with Crippen molar-refractivity contribution in [2.75, 3.05) is 7.11 Å². The Morgan fingerprint density at radius 2 is 1.90 bits per heavy atom. The van der Waals surface area contributed by atoms with Crippen LogP contribution in [0.2, 0.25) is 19.6 Å². The van der Waals surface area contributed by atoms with E-state index in [1.165, 1.54) is 19.2 Å². The summed E-state index contributed by atoms with van der Waals surface area (Å²) in [5, 5.41) is 10.7. The minimum absolute atomic E-state index is 0.0252. The van der Waals surface area contributed by atoms with Gasteiger partial charge in [0.25, 0.3) is 5.69 Å². The number of hydrogen-bond acceptors (Lipinski definition) is 5. The average Bonchev–Trinajstić information content (AvgIpc) is 3.11. The number of rotatable bonds is 5. The van der Waals surface area contributed by atoms with Gasteiger partial charge in [0, 0.05) is 12.1 Å². The predicted molar refractivity (Wildman–Crippen MR) is 79.3 cm³/mol. The normalized spacial score (nSPS) is 24.5. The second kappa shape index (κ2) is 5.23. The lowest BCUT2D eigenvalue weighted by Gasteiger charge is -2.27. The SMILES string of the molecule is COC(=O)C1CC1(O[Si](C)(C)C)c1ccc([N+](=O)[O-])cc1. The summed E-state index contributed by atoms with van der Waals surface area (Å²) in [4.78, 5) is 22.1. The maximum Gasteiger partial charge on any atom is 0.312 e. The van der Waals surface area contributed by atoms with E-state index in [1.807, 2.05) is 19.6 Å². The molecule has 114 valence electrons. The molecule has 1 aromatic rings. The van der Waals surface area contributed by atoms with E-state index in [2.05, 4.69) is 0 Å². The first-order valence-corrected chi connectivity index (χ1v) is 10.1. The molecule has 1 saturated carbocycles. The van der Waals surface area contributed by atoms with Crippen molar-refractivity contribution in [2.24, 2.45) is 5.92 Å². The minimum atomic E-state index is -1.89. The Hall–Kier alpha value is -1.73. The first-order valence-electron chi connectivity index (χ1n) is 6.72. The fourth-order valence-electron chi connectivity index (χ4n) is 2.56. The Balaban J connectivity index is 2.33. The van der Waals surface area contributed by atoms with Gasteiger partial charge in [0.2, 0.25) is 0 Å².